The fraction of sp³-hybridized carbons (Fsp3) is 0.385. The van der Waals surface area contributed by atoms with E-state index in [1.807, 2.05) is 6.08 Å². The zero-order valence-corrected chi connectivity index (χ0v) is 9.86. The number of benzene rings is 1. The molecule has 0 aliphatic carbocycles. The van der Waals surface area contributed by atoms with E-state index >= 15 is 0 Å². The van der Waals surface area contributed by atoms with Crippen molar-refractivity contribution in [2.24, 2.45) is 0 Å². The van der Waals surface area contributed by atoms with Gasteiger partial charge in [-0.05, 0) is 50.6 Å². The number of rotatable bonds is 1. The minimum atomic E-state index is -0.200. The molecule has 0 saturated carbocycles. The van der Waals surface area contributed by atoms with Gasteiger partial charge in [-0.1, -0.05) is 23.3 Å². The van der Waals surface area contributed by atoms with Crippen molar-refractivity contribution in [3.8, 4) is 0 Å². The Morgan fingerprint density at radius 1 is 1.25 bits per heavy atom. The number of hydrogen-bond donors (Lipinski definition) is 1. The molecule has 0 unspecified atom stereocenters. The molecule has 0 atom stereocenters. The first-order chi connectivity index (χ1) is 7.75. The first-order valence-electron chi connectivity index (χ1n) is 5.61. The monoisotopic (exact) mass is 239 g/mol. The summed E-state index contributed by atoms with van der Waals surface area (Å²) >= 11 is 5.86. The lowest BCUT2D eigenvalue weighted by molar-refractivity contribution is 0.625. The molecule has 0 spiro atoms. The highest BCUT2D eigenvalue weighted by Gasteiger charge is 2.06. The molecule has 1 fully saturated rings. The SMILES string of the molecule is Fc1ccc(Cl)cc1/C=C1/CCCNCC1. The van der Waals surface area contributed by atoms with E-state index in [2.05, 4.69) is 5.32 Å². The average Bonchev–Trinajstić information content (AvgIpc) is 2.52. The molecule has 0 radical (unpaired) electrons. The van der Waals surface area contributed by atoms with Crippen LogP contribution in [0.4, 0.5) is 4.39 Å². The molecule has 1 aliphatic rings. The van der Waals surface area contributed by atoms with E-state index < -0.39 is 0 Å². The molecule has 1 aromatic rings. The van der Waals surface area contributed by atoms with E-state index in [-0.39, 0.29) is 5.82 Å². The third-order valence-electron chi connectivity index (χ3n) is 2.79. The molecule has 2 rings (SSSR count). The number of nitrogens with one attached hydrogen (secondary N) is 1. The Morgan fingerprint density at radius 2 is 2.12 bits per heavy atom. The van der Waals surface area contributed by atoms with Gasteiger partial charge in [0.15, 0.2) is 0 Å². The summed E-state index contributed by atoms with van der Waals surface area (Å²) in [6.45, 7) is 2.03. The maximum Gasteiger partial charge on any atom is 0.130 e. The zero-order valence-electron chi connectivity index (χ0n) is 9.10. The maximum absolute atomic E-state index is 13.5. The molecule has 0 amide bonds. The van der Waals surface area contributed by atoms with Gasteiger partial charge in [0.1, 0.15) is 5.82 Å². The summed E-state index contributed by atoms with van der Waals surface area (Å²) in [4.78, 5) is 0. The van der Waals surface area contributed by atoms with E-state index in [0.29, 0.717) is 10.6 Å². The van der Waals surface area contributed by atoms with Crippen molar-refractivity contribution in [3.63, 3.8) is 0 Å². The van der Waals surface area contributed by atoms with E-state index in [9.17, 15) is 4.39 Å². The lowest BCUT2D eigenvalue weighted by Crippen LogP contribution is -2.13. The van der Waals surface area contributed by atoms with Gasteiger partial charge in [-0.2, -0.15) is 0 Å². The lowest BCUT2D eigenvalue weighted by atomic mass is 10.0. The van der Waals surface area contributed by atoms with Gasteiger partial charge in [0, 0.05) is 10.6 Å². The topological polar surface area (TPSA) is 12.0 Å². The van der Waals surface area contributed by atoms with E-state index in [4.69, 9.17) is 11.6 Å². The largest absolute Gasteiger partial charge is 0.316 e. The predicted octanol–water partition coefficient (Wildman–Crippen LogP) is 3.64. The molecule has 1 aliphatic heterocycles. The molecule has 1 N–H and O–H groups in total. The van der Waals surface area contributed by atoms with Crippen molar-refractivity contribution in [2.45, 2.75) is 19.3 Å². The molecule has 0 bridgehead atoms. The van der Waals surface area contributed by atoms with Gasteiger partial charge in [0.2, 0.25) is 0 Å². The second-order valence-electron chi connectivity index (χ2n) is 4.07. The Balaban J connectivity index is 2.22. The summed E-state index contributed by atoms with van der Waals surface area (Å²) in [5.41, 5.74) is 1.90. The van der Waals surface area contributed by atoms with Crippen molar-refractivity contribution in [2.75, 3.05) is 13.1 Å². The molecular weight excluding hydrogens is 225 g/mol. The van der Waals surface area contributed by atoms with Gasteiger partial charge < -0.3 is 5.32 Å². The van der Waals surface area contributed by atoms with Gasteiger partial charge in [-0.15, -0.1) is 0 Å². The summed E-state index contributed by atoms with van der Waals surface area (Å²) in [6, 6.07) is 4.68. The van der Waals surface area contributed by atoms with Gasteiger partial charge in [0.25, 0.3) is 0 Å². The molecule has 0 aromatic heterocycles. The second kappa shape index (κ2) is 5.46. The van der Waals surface area contributed by atoms with Crippen LogP contribution >= 0.6 is 11.6 Å². The van der Waals surface area contributed by atoms with Crippen LogP contribution in [0.1, 0.15) is 24.8 Å². The summed E-state index contributed by atoms with van der Waals surface area (Å²) in [5.74, 6) is -0.200. The van der Waals surface area contributed by atoms with Crippen LogP contribution in [0, 0.1) is 5.82 Å². The highest BCUT2D eigenvalue weighted by molar-refractivity contribution is 6.30. The lowest BCUT2D eigenvalue weighted by Gasteiger charge is -2.04. The number of halogens is 2. The van der Waals surface area contributed by atoms with Gasteiger partial charge in [0.05, 0.1) is 0 Å². The molecule has 1 nitrogen and oxygen atoms in total. The van der Waals surface area contributed by atoms with Crippen molar-refractivity contribution in [3.05, 3.63) is 40.2 Å². The molecule has 16 heavy (non-hydrogen) atoms. The van der Waals surface area contributed by atoms with Crippen LogP contribution in [0.5, 0.6) is 0 Å². The Bertz CT molecular complexity index is 391. The Kier molecular flexibility index (Phi) is 3.97. The molecule has 1 saturated heterocycles. The van der Waals surface area contributed by atoms with Crippen molar-refractivity contribution in [1.82, 2.24) is 5.32 Å². The highest BCUT2D eigenvalue weighted by Crippen LogP contribution is 2.21. The fourth-order valence-electron chi connectivity index (χ4n) is 1.93. The van der Waals surface area contributed by atoms with Crippen LogP contribution in [0.3, 0.4) is 0 Å². The number of hydrogen-bond acceptors (Lipinski definition) is 1. The molecular formula is C13H15ClFN. The smallest absolute Gasteiger partial charge is 0.130 e. The summed E-state index contributed by atoms with van der Waals surface area (Å²) in [6.07, 6.45) is 5.09. The minimum absolute atomic E-state index is 0.200. The molecule has 1 aromatic carbocycles. The van der Waals surface area contributed by atoms with Gasteiger partial charge in [-0.3, -0.25) is 0 Å². The van der Waals surface area contributed by atoms with Gasteiger partial charge in [-0.25, -0.2) is 4.39 Å². The van der Waals surface area contributed by atoms with Crippen LogP contribution in [-0.4, -0.2) is 13.1 Å². The Morgan fingerprint density at radius 3 is 3.00 bits per heavy atom. The minimum Gasteiger partial charge on any atom is -0.316 e. The first-order valence-corrected chi connectivity index (χ1v) is 5.99. The Hall–Kier alpha value is -0.860. The van der Waals surface area contributed by atoms with E-state index in [1.165, 1.54) is 11.6 Å². The second-order valence-corrected chi connectivity index (χ2v) is 4.51. The van der Waals surface area contributed by atoms with Crippen LogP contribution in [0.25, 0.3) is 6.08 Å². The third kappa shape index (κ3) is 3.06. The van der Waals surface area contributed by atoms with Crippen molar-refractivity contribution < 1.29 is 4.39 Å². The quantitative estimate of drug-likeness (QED) is 0.789. The van der Waals surface area contributed by atoms with Crippen LogP contribution in [0.2, 0.25) is 5.02 Å². The summed E-state index contributed by atoms with van der Waals surface area (Å²) in [7, 11) is 0. The van der Waals surface area contributed by atoms with Crippen molar-refractivity contribution >= 4 is 17.7 Å². The molecule has 1 heterocycles. The van der Waals surface area contributed by atoms with Crippen LogP contribution in [0.15, 0.2) is 23.8 Å². The van der Waals surface area contributed by atoms with Crippen LogP contribution in [-0.2, 0) is 0 Å². The van der Waals surface area contributed by atoms with Gasteiger partial charge >= 0.3 is 0 Å². The summed E-state index contributed by atoms with van der Waals surface area (Å²) < 4.78 is 13.5. The predicted molar refractivity (Wildman–Crippen MR) is 66.1 cm³/mol. The normalized spacial score (nSPS) is 19.8. The highest BCUT2D eigenvalue weighted by atomic mass is 35.5. The standard InChI is InChI=1S/C13H15ClFN/c14-12-3-4-13(15)11(9-12)8-10-2-1-6-16-7-5-10/h3-4,8-9,16H,1-2,5-7H2/b10-8-. The fourth-order valence-corrected chi connectivity index (χ4v) is 2.11. The average molecular weight is 240 g/mol. The zero-order chi connectivity index (χ0) is 11.4. The first kappa shape index (κ1) is 11.6. The van der Waals surface area contributed by atoms with Crippen LogP contribution < -0.4 is 5.32 Å². The molecule has 86 valence electrons. The van der Waals surface area contributed by atoms with E-state index in [1.54, 1.807) is 12.1 Å². The molecule has 3 heteroatoms. The maximum atomic E-state index is 13.5. The Labute approximate surface area is 100 Å². The third-order valence-corrected chi connectivity index (χ3v) is 3.03. The van der Waals surface area contributed by atoms with E-state index in [0.717, 1.165) is 32.4 Å². The van der Waals surface area contributed by atoms with Crippen molar-refractivity contribution in [1.29, 1.82) is 0 Å². The summed E-state index contributed by atoms with van der Waals surface area (Å²) in [5, 5.41) is 3.91.